The van der Waals surface area contributed by atoms with Gasteiger partial charge in [0.2, 0.25) is 5.95 Å². The number of fused-ring (bicyclic) bond motifs is 1. The largest absolute Gasteiger partial charge is 0.291 e. The molecule has 1 saturated carbocycles. The molecule has 0 saturated heterocycles. The van der Waals surface area contributed by atoms with Crippen molar-refractivity contribution < 1.29 is 0 Å². The molecule has 1 aromatic heterocycles. The van der Waals surface area contributed by atoms with Crippen molar-refractivity contribution in [3.63, 3.8) is 0 Å². The van der Waals surface area contributed by atoms with E-state index in [0.717, 1.165) is 18.6 Å². The van der Waals surface area contributed by atoms with Crippen LogP contribution in [-0.2, 0) is 0 Å². The van der Waals surface area contributed by atoms with E-state index in [4.69, 9.17) is 0 Å². The van der Waals surface area contributed by atoms with Crippen LogP contribution in [-0.4, -0.2) is 15.7 Å². The van der Waals surface area contributed by atoms with Gasteiger partial charge in [0.15, 0.2) is 0 Å². The number of nitrogens with zero attached hydrogens (tertiary/aromatic N) is 2. The zero-order valence-corrected chi connectivity index (χ0v) is 10.6. The lowest BCUT2D eigenvalue weighted by Gasteiger charge is -2.12. The minimum absolute atomic E-state index is 0.142. The number of aromatic nitrogens is 2. The number of anilines is 1. The number of hydrogen-bond acceptors (Lipinski definition) is 4. The number of benzene rings is 1. The molecule has 5 nitrogen and oxygen atoms in total. The van der Waals surface area contributed by atoms with E-state index >= 15 is 0 Å². The van der Waals surface area contributed by atoms with Gasteiger partial charge in [-0.3, -0.25) is 9.78 Å². The predicted molar refractivity (Wildman–Crippen MR) is 76.5 cm³/mol. The summed E-state index contributed by atoms with van der Waals surface area (Å²) in [5.41, 5.74) is 4.56. The molecule has 0 spiro atoms. The highest BCUT2D eigenvalue weighted by atomic mass is 16.1. The standard InChI is InChI=1S/C14H16N4O/c19-13-11-8-4-5-9-12(11)15-14(16-13)18-17-10-6-2-1-3-7-10/h4-5,8-9H,1-3,6-7H2,(H2,15,16,18,19). The van der Waals surface area contributed by atoms with Crippen molar-refractivity contribution in [1.29, 1.82) is 0 Å². The first kappa shape index (κ1) is 11.9. The Morgan fingerprint density at radius 1 is 1.16 bits per heavy atom. The Bertz CT molecular complexity index is 666. The Morgan fingerprint density at radius 3 is 2.79 bits per heavy atom. The number of hydrogen-bond donors (Lipinski definition) is 2. The summed E-state index contributed by atoms with van der Waals surface area (Å²) in [6.07, 6.45) is 5.74. The third-order valence-electron chi connectivity index (χ3n) is 3.36. The van der Waals surface area contributed by atoms with E-state index in [-0.39, 0.29) is 5.56 Å². The van der Waals surface area contributed by atoms with Crippen LogP contribution in [0.5, 0.6) is 0 Å². The van der Waals surface area contributed by atoms with Crippen molar-refractivity contribution in [2.24, 2.45) is 5.10 Å². The number of para-hydroxylation sites is 1. The highest BCUT2D eigenvalue weighted by molar-refractivity contribution is 5.85. The Kier molecular flexibility index (Phi) is 3.27. The fourth-order valence-electron chi connectivity index (χ4n) is 2.34. The molecule has 0 radical (unpaired) electrons. The van der Waals surface area contributed by atoms with Gasteiger partial charge in [-0.05, 0) is 37.8 Å². The van der Waals surface area contributed by atoms with E-state index in [1.54, 1.807) is 6.07 Å². The van der Waals surface area contributed by atoms with Crippen LogP contribution >= 0.6 is 0 Å². The number of nitrogens with one attached hydrogen (secondary N) is 2. The molecule has 3 rings (SSSR count). The van der Waals surface area contributed by atoms with Gasteiger partial charge >= 0.3 is 0 Å². The molecular formula is C14H16N4O. The first-order chi connectivity index (χ1) is 9.33. The molecule has 1 aliphatic rings. The van der Waals surface area contributed by atoms with Crippen LogP contribution in [0.2, 0.25) is 0 Å². The van der Waals surface area contributed by atoms with Crippen molar-refractivity contribution in [2.75, 3.05) is 5.43 Å². The highest BCUT2D eigenvalue weighted by Gasteiger charge is 2.07. The molecule has 0 amide bonds. The Balaban J connectivity index is 1.87. The molecule has 1 aromatic carbocycles. The topological polar surface area (TPSA) is 70.1 Å². The van der Waals surface area contributed by atoms with Gasteiger partial charge in [-0.25, -0.2) is 10.4 Å². The molecule has 19 heavy (non-hydrogen) atoms. The average Bonchev–Trinajstić information content (AvgIpc) is 2.46. The summed E-state index contributed by atoms with van der Waals surface area (Å²) in [6, 6.07) is 7.28. The lowest BCUT2D eigenvalue weighted by molar-refractivity contribution is 0.665. The molecule has 0 bridgehead atoms. The van der Waals surface area contributed by atoms with Crippen molar-refractivity contribution in [1.82, 2.24) is 9.97 Å². The monoisotopic (exact) mass is 256 g/mol. The Labute approximate surface area is 110 Å². The van der Waals surface area contributed by atoms with E-state index < -0.39 is 0 Å². The maximum atomic E-state index is 11.9. The van der Waals surface area contributed by atoms with Gasteiger partial charge in [-0.1, -0.05) is 18.6 Å². The fourth-order valence-corrected chi connectivity index (χ4v) is 2.34. The number of hydrazone groups is 1. The summed E-state index contributed by atoms with van der Waals surface area (Å²) < 4.78 is 0. The van der Waals surface area contributed by atoms with Crippen molar-refractivity contribution in [3.05, 3.63) is 34.6 Å². The van der Waals surface area contributed by atoms with Crippen LogP contribution in [0.4, 0.5) is 5.95 Å². The van der Waals surface area contributed by atoms with Gasteiger partial charge in [0.1, 0.15) is 0 Å². The summed E-state index contributed by atoms with van der Waals surface area (Å²) in [6.45, 7) is 0. The van der Waals surface area contributed by atoms with Crippen LogP contribution in [0, 0.1) is 0 Å². The minimum Gasteiger partial charge on any atom is -0.291 e. The third-order valence-corrected chi connectivity index (χ3v) is 3.36. The number of H-pyrrole nitrogens is 1. The average molecular weight is 256 g/mol. The molecule has 1 fully saturated rings. The summed E-state index contributed by atoms with van der Waals surface area (Å²) >= 11 is 0. The van der Waals surface area contributed by atoms with Crippen LogP contribution in [0.3, 0.4) is 0 Å². The minimum atomic E-state index is -0.142. The normalized spacial score (nSPS) is 15.5. The quantitative estimate of drug-likeness (QED) is 0.811. The van der Waals surface area contributed by atoms with E-state index in [0.29, 0.717) is 16.9 Å². The maximum absolute atomic E-state index is 11.9. The molecule has 0 unspecified atom stereocenters. The molecule has 98 valence electrons. The van der Waals surface area contributed by atoms with E-state index in [1.807, 2.05) is 18.2 Å². The molecule has 0 aliphatic heterocycles. The molecule has 1 aliphatic carbocycles. The first-order valence-corrected chi connectivity index (χ1v) is 6.63. The molecule has 1 heterocycles. The van der Waals surface area contributed by atoms with Crippen molar-refractivity contribution in [2.45, 2.75) is 32.1 Å². The lowest BCUT2D eigenvalue weighted by atomic mass is 9.99. The summed E-state index contributed by atoms with van der Waals surface area (Å²) in [4.78, 5) is 18.9. The first-order valence-electron chi connectivity index (χ1n) is 6.63. The molecule has 2 N–H and O–H groups in total. The summed E-state index contributed by atoms with van der Waals surface area (Å²) in [5, 5.41) is 4.93. The van der Waals surface area contributed by atoms with E-state index in [2.05, 4.69) is 20.5 Å². The SMILES string of the molecule is O=c1[nH]c(NN=C2CCCCC2)nc2ccccc12. The Morgan fingerprint density at radius 2 is 1.95 bits per heavy atom. The second-order valence-electron chi connectivity index (χ2n) is 4.78. The number of rotatable bonds is 2. The van der Waals surface area contributed by atoms with Crippen LogP contribution in [0.25, 0.3) is 10.9 Å². The smallest absolute Gasteiger partial charge is 0.260 e. The summed E-state index contributed by atoms with van der Waals surface area (Å²) in [7, 11) is 0. The van der Waals surface area contributed by atoms with Crippen molar-refractivity contribution in [3.8, 4) is 0 Å². The predicted octanol–water partition coefficient (Wildman–Crippen LogP) is 2.66. The van der Waals surface area contributed by atoms with Crippen LogP contribution in [0.1, 0.15) is 32.1 Å². The van der Waals surface area contributed by atoms with E-state index in [1.165, 1.54) is 19.3 Å². The fraction of sp³-hybridized carbons (Fsp3) is 0.357. The van der Waals surface area contributed by atoms with Gasteiger partial charge in [0, 0.05) is 5.71 Å². The molecule has 5 heteroatoms. The maximum Gasteiger partial charge on any atom is 0.260 e. The van der Waals surface area contributed by atoms with Crippen LogP contribution in [0.15, 0.2) is 34.2 Å². The second-order valence-corrected chi connectivity index (χ2v) is 4.78. The number of aromatic amines is 1. The van der Waals surface area contributed by atoms with Gasteiger partial charge in [0.25, 0.3) is 5.56 Å². The Hall–Kier alpha value is -2.17. The van der Waals surface area contributed by atoms with E-state index in [9.17, 15) is 4.79 Å². The van der Waals surface area contributed by atoms with Crippen LogP contribution < -0.4 is 11.0 Å². The van der Waals surface area contributed by atoms with Gasteiger partial charge in [-0.15, -0.1) is 0 Å². The highest BCUT2D eigenvalue weighted by Crippen LogP contribution is 2.15. The van der Waals surface area contributed by atoms with Gasteiger partial charge < -0.3 is 0 Å². The zero-order chi connectivity index (χ0) is 13.1. The lowest BCUT2D eigenvalue weighted by Crippen LogP contribution is -2.13. The van der Waals surface area contributed by atoms with Gasteiger partial charge in [0.05, 0.1) is 10.9 Å². The zero-order valence-electron chi connectivity index (χ0n) is 10.6. The molecular weight excluding hydrogens is 240 g/mol. The molecule has 2 aromatic rings. The summed E-state index contributed by atoms with van der Waals surface area (Å²) in [5.74, 6) is 0.404. The third kappa shape index (κ3) is 2.65. The second kappa shape index (κ2) is 5.22. The molecule has 0 atom stereocenters. The van der Waals surface area contributed by atoms with Crippen molar-refractivity contribution >= 4 is 22.6 Å². The van der Waals surface area contributed by atoms with Gasteiger partial charge in [-0.2, -0.15) is 5.10 Å².